The number of aromatic nitrogens is 2. The van der Waals surface area contributed by atoms with E-state index in [-0.39, 0.29) is 10.7 Å². The molecule has 0 saturated carbocycles. The van der Waals surface area contributed by atoms with Crippen LogP contribution in [-0.2, 0) is 4.74 Å². The summed E-state index contributed by atoms with van der Waals surface area (Å²) in [5.41, 5.74) is 2.80. The molecule has 0 aromatic carbocycles. The Morgan fingerprint density at radius 3 is 2.32 bits per heavy atom. The molecule has 0 atom stereocenters. The van der Waals surface area contributed by atoms with Gasteiger partial charge in [-0.3, -0.25) is 5.01 Å². The molecular formula is C15H25ClN4O2. The molecule has 0 unspecified atom stereocenters. The minimum atomic E-state index is -0.573. The van der Waals surface area contributed by atoms with Crippen molar-refractivity contribution in [2.75, 3.05) is 11.6 Å². The Hall–Kier alpha value is -1.56. The van der Waals surface area contributed by atoms with Crippen LogP contribution in [0.2, 0.25) is 5.28 Å². The van der Waals surface area contributed by atoms with E-state index in [1.807, 2.05) is 27.7 Å². The maximum absolute atomic E-state index is 12.0. The molecule has 0 fully saturated rings. The average Bonchev–Trinajstić information content (AvgIpc) is 2.21. The number of halogens is 1. The van der Waals surface area contributed by atoms with Gasteiger partial charge in [0.25, 0.3) is 0 Å². The molecule has 1 aromatic rings. The van der Waals surface area contributed by atoms with Crippen molar-refractivity contribution in [2.24, 2.45) is 5.41 Å². The number of hydrazine groups is 1. The highest BCUT2D eigenvalue weighted by Crippen LogP contribution is 2.20. The van der Waals surface area contributed by atoms with Crippen LogP contribution in [-0.4, -0.2) is 28.2 Å². The van der Waals surface area contributed by atoms with E-state index in [1.165, 1.54) is 0 Å². The molecule has 1 heterocycles. The zero-order valence-corrected chi connectivity index (χ0v) is 15.1. The minimum Gasteiger partial charge on any atom is -0.443 e. The number of carbonyl (C=O) groups excluding carboxylic acids is 1. The van der Waals surface area contributed by atoms with Crippen LogP contribution in [0.4, 0.5) is 10.6 Å². The zero-order valence-electron chi connectivity index (χ0n) is 14.3. The van der Waals surface area contributed by atoms with Gasteiger partial charge in [0.15, 0.2) is 5.82 Å². The van der Waals surface area contributed by atoms with E-state index in [1.54, 1.807) is 11.1 Å². The van der Waals surface area contributed by atoms with Crippen molar-refractivity contribution in [3.05, 3.63) is 17.0 Å². The Labute approximate surface area is 137 Å². The number of amides is 1. The molecule has 1 amide bonds. The van der Waals surface area contributed by atoms with Gasteiger partial charge in [-0.2, -0.15) is 4.98 Å². The molecule has 1 rings (SSSR count). The molecule has 0 saturated heterocycles. The Morgan fingerprint density at radius 1 is 1.27 bits per heavy atom. The predicted molar refractivity (Wildman–Crippen MR) is 87.9 cm³/mol. The molecule has 7 heteroatoms. The highest BCUT2D eigenvalue weighted by molar-refractivity contribution is 6.28. The van der Waals surface area contributed by atoms with Crippen molar-refractivity contribution in [1.82, 2.24) is 15.4 Å². The van der Waals surface area contributed by atoms with E-state index in [9.17, 15) is 4.79 Å². The Morgan fingerprint density at radius 2 is 1.86 bits per heavy atom. The van der Waals surface area contributed by atoms with Crippen LogP contribution in [0.15, 0.2) is 6.07 Å². The molecule has 0 bridgehead atoms. The molecular weight excluding hydrogens is 304 g/mol. The molecule has 6 nitrogen and oxygen atoms in total. The van der Waals surface area contributed by atoms with Crippen molar-refractivity contribution in [3.8, 4) is 0 Å². The lowest BCUT2D eigenvalue weighted by molar-refractivity contribution is 0.0516. The van der Waals surface area contributed by atoms with E-state index < -0.39 is 11.7 Å². The number of nitrogens with zero attached hydrogens (tertiary/aromatic N) is 3. The third kappa shape index (κ3) is 6.93. The molecule has 0 aliphatic heterocycles. The SMILES string of the molecule is Cc1cc(N(CC(C)(C)C)NC(=O)OC(C)(C)C)nc(Cl)n1. The van der Waals surface area contributed by atoms with Crippen LogP contribution in [0, 0.1) is 12.3 Å². The van der Waals surface area contributed by atoms with Gasteiger partial charge in [-0.25, -0.2) is 15.2 Å². The summed E-state index contributed by atoms with van der Waals surface area (Å²) in [5, 5.41) is 1.77. The topological polar surface area (TPSA) is 67.4 Å². The lowest BCUT2D eigenvalue weighted by atomic mass is 9.97. The largest absolute Gasteiger partial charge is 0.443 e. The monoisotopic (exact) mass is 328 g/mol. The zero-order chi connectivity index (χ0) is 17.1. The van der Waals surface area contributed by atoms with Crippen LogP contribution in [0.5, 0.6) is 0 Å². The summed E-state index contributed by atoms with van der Waals surface area (Å²) in [7, 11) is 0. The van der Waals surface area contributed by atoms with E-state index in [0.29, 0.717) is 12.4 Å². The van der Waals surface area contributed by atoms with Gasteiger partial charge in [-0.05, 0) is 44.7 Å². The highest BCUT2D eigenvalue weighted by atomic mass is 35.5. The molecule has 1 aromatic heterocycles. The molecule has 0 spiro atoms. The average molecular weight is 329 g/mol. The molecule has 1 N–H and O–H groups in total. The van der Waals surface area contributed by atoms with Crippen molar-refractivity contribution in [1.29, 1.82) is 0 Å². The minimum absolute atomic E-state index is 0.0691. The fraction of sp³-hybridized carbons (Fsp3) is 0.667. The molecule has 22 heavy (non-hydrogen) atoms. The first-order valence-corrected chi connectivity index (χ1v) is 7.52. The predicted octanol–water partition coefficient (Wildman–Crippen LogP) is 3.73. The standard InChI is InChI=1S/C15H25ClN4O2/c1-10-8-11(18-12(16)17-10)20(9-14(2,3)4)19-13(21)22-15(5,6)7/h8H,9H2,1-7H3,(H,19,21). The number of anilines is 1. The highest BCUT2D eigenvalue weighted by Gasteiger charge is 2.23. The van der Waals surface area contributed by atoms with Crippen LogP contribution in [0.3, 0.4) is 0 Å². The van der Waals surface area contributed by atoms with Gasteiger partial charge in [0.2, 0.25) is 5.28 Å². The van der Waals surface area contributed by atoms with Crippen LogP contribution < -0.4 is 10.4 Å². The Kier molecular flexibility index (Phi) is 5.62. The number of rotatable bonds is 3. The molecule has 0 radical (unpaired) electrons. The first-order chi connectivity index (χ1) is 9.85. The number of carbonyl (C=O) groups is 1. The summed E-state index contributed by atoms with van der Waals surface area (Å²) in [4.78, 5) is 20.3. The molecule has 0 aliphatic carbocycles. The number of hydrogen-bond acceptors (Lipinski definition) is 5. The summed E-state index contributed by atoms with van der Waals surface area (Å²) >= 11 is 5.92. The van der Waals surface area contributed by atoms with Gasteiger partial charge in [0.05, 0.1) is 0 Å². The second kappa shape index (κ2) is 6.69. The van der Waals surface area contributed by atoms with Crippen LogP contribution >= 0.6 is 11.6 Å². The van der Waals surface area contributed by atoms with Crippen LogP contribution in [0.1, 0.15) is 47.2 Å². The third-order valence-corrected chi connectivity index (χ3v) is 2.52. The van der Waals surface area contributed by atoms with E-state index in [4.69, 9.17) is 16.3 Å². The van der Waals surface area contributed by atoms with E-state index >= 15 is 0 Å². The second-order valence-corrected chi connectivity index (χ2v) is 7.74. The van der Waals surface area contributed by atoms with Gasteiger partial charge in [0, 0.05) is 18.3 Å². The second-order valence-electron chi connectivity index (χ2n) is 7.40. The van der Waals surface area contributed by atoms with Crippen molar-refractivity contribution in [2.45, 2.75) is 54.1 Å². The van der Waals surface area contributed by atoms with Gasteiger partial charge in [-0.15, -0.1) is 0 Å². The van der Waals surface area contributed by atoms with Gasteiger partial charge < -0.3 is 4.74 Å². The molecule has 0 aliphatic rings. The Balaban J connectivity index is 3.00. The molecule has 124 valence electrons. The van der Waals surface area contributed by atoms with Gasteiger partial charge >= 0.3 is 6.09 Å². The fourth-order valence-corrected chi connectivity index (χ4v) is 1.94. The number of ether oxygens (including phenoxy) is 1. The Bertz CT molecular complexity index is 515. The normalized spacial score (nSPS) is 12.0. The first-order valence-electron chi connectivity index (χ1n) is 7.14. The number of hydrogen-bond donors (Lipinski definition) is 1. The van der Waals surface area contributed by atoms with E-state index in [2.05, 4.69) is 36.2 Å². The van der Waals surface area contributed by atoms with Crippen LogP contribution in [0.25, 0.3) is 0 Å². The maximum atomic E-state index is 12.0. The fourth-order valence-electron chi connectivity index (χ4n) is 1.72. The maximum Gasteiger partial charge on any atom is 0.426 e. The quantitative estimate of drug-likeness (QED) is 0.676. The number of aryl methyl sites for hydroxylation is 1. The van der Waals surface area contributed by atoms with Gasteiger partial charge in [0.1, 0.15) is 5.60 Å². The smallest absolute Gasteiger partial charge is 0.426 e. The number of nitrogens with one attached hydrogen (secondary N) is 1. The van der Waals surface area contributed by atoms with E-state index in [0.717, 1.165) is 5.69 Å². The first kappa shape index (κ1) is 18.5. The van der Waals surface area contributed by atoms with Crippen molar-refractivity contribution < 1.29 is 9.53 Å². The summed E-state index contributed by atoms with van der Waals surface area (Å²) in [5.74, 6) is 0.526. The lowest BCUT2D eigenvalue weighted by Crippen LogP contribution is -2.48. The third-order valence-electron chi connectivity index (χ3n) is 2.35. The summed E-state index contributed by atoms with van der Waals surface area (Å²) in [6.45, 7) is 14.0. The summed E-state index contributed by atoms with van der Waals surface area (Å²) in [6.07, 6.45) is -0.538. The lowest BCUT2D eigenvalue weighted by Gasteiger charge is -2.31. The van der Waals surface area contributed by atoms with Crippen molar-refractivity contribution in [3.63, 3.8) is 0 Å². The van der Waals surface area contributed by atoms with Gasteiger partial charge in [-0.1, -0.05) is 20.8 Å². The van der Waals surface area contributed by atoms with Crippen molar-refractivity contribution >= 4 is 23.5 Å². The summed E-state index contributed by atoms with van der Waals surface area (Å²) < 4.78 is 5.30. The summed E-state index contributed by atoms with van der Waals surface area (Å²) in [6, 6.07) is 1.76.